The standard InChI is InChI=1S/C8H9F3N2OS/c1-5(14-15-2)6-3-12-4-7(13-6)8(9,10)11/h3-5H,1-2H3. The van der Waals surface area contributed by atoms with Crippen LogP contribution in [0.15, 0.2) is 12.4 Å². The van der Waals surface area contributed by atoms with Gasteiger partial charge in [0.15, 0.2) is 5.69 Å². The van der Waals surface area contributed by atoms with Crippen LogP contribution in [-0.4, -0.2) is 16.2 Å². The molecule has 0 spiro atoms. The van der Waals surface area contributed by atoms with Crippen molar-refractivity contribution < 1.29 is 17.4 Å². The van der Waals surface area contributed by atoms with E-state index in [0.29, 0.717) is 6.20 Å². The molecule has 7 heteroatoms. The molecule has 1 heterocycles. The van der Waals surface area contributed by atoms with Gasteiger partial charge in [-0.2, -0.15) is 13.2 Å². The van der Waals surface area contributed by atoms with Crippen LogP contribution in [0.1, 0.15) is 24.4 Å². The third-order valence-corrected chi connectivity index (χ3v) is 2.08. The van der Waals surface area contributed by atoms with Gasteiger partial charge in [0.05, 0.1) is 18.1 Å². The largest absolute Gasteiger partial charge is 0.434 e. The molecule has 1 aromatic rings. The maximum absolute atomic E-state index is 12.3. The number of hydrogen-bond acceptors (Lipinski definition) is 4. The molecule has 1 rings (SSSR count). The fraction of sp³-hybridized carbons (Fsp3) is 0.500. The zero-order valence-corrected chi connectivity index (χ0v) is 8.89. The minimum atomic E-state index is -4.47. The van der Waals surface area contributed by atoms with E-state index < -0.39 is 18.0 Å². The summed E-state index contributed by atoms with van der Waals surface area (Å²) in [6.07, 6.45) is -1.36. The minimum Gasteiger partial charge on any atom is -0.306 e. The smallest absolute Gasteiger partial charge is 0.306 e. The molecule has 15 heavy (non-hydrogen) atoms. The lowest BCUT2D eigenvalue weighted by Gasteiger charge is -2.11. The Morgan fingerprint density at radius 1 is 1.40 bits per heavy atom. The molecule has 0 aliphatic heterocycles. The van der Waals surface area contributed by atoms with E-state index in [-0.39, 0.29) is 5.69 Å². The van der Waals surface area contributed by atoms with E-state index in [9.17, 15) is 13.2 Å². The molecule has 1 atom stereocenters. The molecule has 0 N–H and O–H groups in total. The van der Waals surface area contributed by atoms with Crippen LogP contribution in [-0.2, 0) is 10.4 Å². The van der Waals surface area contributed by atoms with Crippen molar-refractivity contribution in [3.63, 3.8) is 0 Å². The molecule has 0 bridgehead atoms. The molecule has 0 aliphatic carbocycles. The Balaban J connectivity index is 2.92. The van der Waals surface area contributed by atoms with Gasteiger partial charge >= 0.3 is 6.18 Å². The third kappa shape index (κ3) is 3.35. The lowest BCUT2D eigenvalue weighted by molar-refractivity contribution is -0.141. The number of alkyl halides is 3. The Kier molecular flexibility index (Phi) is 3.92. The first kappa shape index (κ1) is 12.3. The average Bonchev–Trinajstić information content (AvgIpc) is 2.17. The molecule has 0 radical (unpaired) electrons. The third-order valence-electron chi connectivity index (χ3n) is 1.60. The summed E-state index contributed by atoms with van der Waals surface area (Å²) in [5.41, 5.74) is -0.837. The van der Waals surface area contributed by atoms with Crippen LogP contribution >= 0.6 is 12.0 Å². The molecule has 0 fully saturated rings. The Labute approximate surface area is 89.3 Å². The molecular weight excluding hydrogens is 229 g/mol. The normalized spacial score (nSPS) is 13.9. The SMILES string of the molecule is CSOC(C)c1cncc(C(F)(F)F)n1. The van der Waals surface area contributed by atoms with Crippen LogP contribution in [0.5, 0.6) is 0 Å². The van der Waals surface area contributed by atoms with Crippen molar-refractivity contribution in [1.29, 1.82) is 0 Å². The quantitative estimate of drug-likeness (QED) is 0.758. The zero-order chi connectivity index (χ0) is 11.5. The first-order valence-electron chi connectivity index (χ1n) is 4.03. The second kappa shape index (κ2) is 4.80. The summed E-state index contributed by atoms with van der Waals surface area (Å²) < 4.78 is 41.8. The first-order chi connectivity index (χ1) is 6.95. The number of nitrogens with zero attached hydrogens (tertiary/aromatic N) is 2. The second-order valence-corrected chi connectivity index (χ2v) is 3.26. The van der Waals surface area contributed by atoms with Crippen LogP contribution in [0, 0.1) is 0 Å². The average molecular weight is 238 g/mol. The molecule has 0 saturated carbocycles. The second-order valence-electron chi connectivity index (χ2n) is 2.73. The minimum absolute atomic E-state index is 0.166. The molecule has 0 aromatic carbocycles. The Morgan fingerprint density at radius 3 is 2.60 bits per heavy atom. The lowest BCUT2D eigenvalue weighted by Crippen LogP contribution is -2.11. The number of aromatic nitrogens is 2. The van der Waals surface area contributed by atoms with Crippen LogP contribution in [0.4, 0.5) is 13.2 Å². The van der Waals surface area contributed by atoms with Gasteiger partial charge in [-0.3, -0.25) is 4.98 Å². The monoisotopic (exact) mass is 238 g/mol. The number of hydrogen-bond donors (Lipinski definition) is 0. The van der Waals surface area contributed by atoms with Crippen molar-refractivity contribution >= 4 is 12.0 Å². The molecule has 3 nitrogen and oxygen atoms in total. The van der Waals surface area contributed by atoms with E-state index in [4.69, 9.17) is 4.18 Å². The highest BCUT2D eigenvalue weighted by Crippen LogP contribution is 2.28. The first-order valence-corrected chi connectivity index (χ1v) is 5.18. The topological polar surface area (TPSA) is 35.0 Å². The Morgan fingerprint density at radius 2 is 2.07 bits per heavy atom. The summed E-state index contributed by atoms with van der Waals surface area (Å²) >= 11 is 1.07. The molecule has 1 aromatic heterocycles. The van der Waals surface area contributed by atoms with Gasteiger partial charge in [0, 0.05) is 6.26 Å². The molecule has 0 aliphatic rings. The fourth-order valence-corrected chi connectivity index (χ4v) is 1.29. The lowest BCUT2D eigenvalue weighted by atomic mass is 10.3. The van der Waals surface area contributed by atoms with E-state index in [1.807, 2.05) is 0 Å². The number of halogens is 3. The van der Waals surface area contributed by atoms with Gasteiger partial charge in [0.25, 0.3) is 0 Å². The van der Waals surface area contributed by atoms with Crippen molar-refractivity contribution in [2.45, 2.75) is 19.2 Å². The Hall–Kier alpha value is -0.820. The maximum atomic E-state index is 12.3. The Bertz CT molecular complexity index is 332. The van der Waals surface area contributed by atoms with E-state index in [2.05, 4.69) is 9.97 Å². The van der Waals surface area contributed by atoms with Gasteiger partial charge in [-0.25, -0.2) is 4.98 Å². The van der Waals surface area contributed by atoms with Crippen LogP contribution in [0.2, 0.25) is 0 Å². The summed E-state index contributed by atoms with van der Waals surface area (Å²) in [6, 6.07) is 0. The highest BCUT2D eigenvalue weighted by atomic mass is 32.2. The highest BCUT2D eigenvalue weighted by molar-refractivity contribution is 7.93. The van der Waals surface area contributed by atoms with E-state index in [1.165, 1.54) is 6.20 Å². The summed E-state index contributed by atoms with van der Waals surface area (Å²) in [7, 11) is 0. The molecule has 1 unspecified atom stereocenters. The summed E-state index contributed by atoms with van der Waals surface area (Å²) in [6.45, 7) is 1.61. The van der Waals surface area contributed by atoms with Gasteiger partial charge in [0.2, 0.25) is 0 Å². The van der Waals surface area contributed by atoms with Crippen molar-refractivity contribution in [2.75, 3.05) is 6.26 Å². The molecule has 84 valence electrons. The van der Waals surface area contributed by atoms with Crippen molar-refractivity contribution in [1.82, 2.24) is 9.97 Å². The van der Waals surface area contributed by atoms with Crippen molar-refractivity contribution in [2.24, 2.45) is 0 Å². The summed E-state index contributed by atoms with van der Waals surface area (Å²) in [4.78, 5) is 6.92. The van der Waals surface area contributed by atoms with Gasteiger partial charge < -0.3 is 4.18 Å². The van der Waals surface area contributed by atoms with E-state index in [1.54, 1.807) is 13.2 Å². The van der Waals surface area contributed by atoms with Gasteiger partial charge in [-0.05, 0) is 19.0 Å². The van der Waals surface area contributed by atoms with Gasteiger partial charge in [-0.15, -0.1) is 0 Å². The van der Waals surface area contributed by atoms with Gasteiger partial charge in [-0.1, -0.05) is 0 Å². The summed E-state index contributed by atoms with van der Waals surface area (Å²) in [5.74, 6) is 0. The van der Waals surface area contributed by atoms with Crippen molar-refractivity contribution in [3.8, 4) is 0 Å². The highest BCUT2D eigenvalue weighted by Gasteiger charge is 2.33. The molecule has 0 amide bonds. The predicted molar refractivity (Wildman–Crippen MR) is 50.0 cm³/mol. The van der Waals surface area contributed by atoms with Crippen LogP contribution in [0.3, 0.4) is 0 Å². The molecule has 0 saturated heterocycles. The van der Waals surface area contributed by atoms with E-state index in [0.717, 1.165) is 12.0 Å². The zero-order valence-electron chi connectivity index (χ0n) is 8.08. The van der Waals surface area contributed by atoms with Crippen molar-refractivity contribution in [3.05, 3.63) is 23.8 Å². The van der Waals surface area contributed by atoms with E-state index >= 15 is 0 Å². The molecular formula is C8H9F3N2OS. The van der Waals surface area contributed by atoms with Crippen LogP contribution in [0.25, 0.3) is 0 Å². The van der Waals surface area contributed by atoms with Crippen LogP contribution < -0.4 is 0 Å². The predicted octanol–water partition coefficient (Wildman–Crippen LogP) is 2.85. The van der Waals surface area contributed by atoms with Gasteiger partial charge in [0.1, 0.15) is 6.10 Å². The maximum Gasteiger partial charge on any atom is 0.434 e. The fourth-order valence-electron chi connectivity index (χ4n) is 0.907. The number of rotatable bonds is 3. The summed E-state index contributed by atoms with van der Waals surface area (Å²) in [5, 5.41) is 0.